The van der Waals surface area contributed by atoms with Crippen molar-refractivity contribution < 1.29 is 23.9 Å². The summed E-state index contributed by atoms with van der Waals surface area (Å²) in [5.74, 6) is -1.61. The van der Waals surface area contributed by atoms with Crippen LogP contribution in [0.1, 0.15) is 50.8 Å². The number of carbonyl (C=O) groups is 4. The van der Waals surface area contributed by atoms with Crippen LogP contribution in [0.25, 0.3) is 0 Å². The molecule has 2 aromatic carbocycles. The van der Waals surface area contributed by atoms with Gasteiger partial charge in [-0.15, -0.1) is 0 Å². The fourth-order valence-corrected chi connectivity index (χ4v) is 3.11. The maximum absolute atomic E-state index is 12.3. The summed E-state index contributed by atoms with van der Waals surface area (Å²) in [7, 11) is 0. The SMILES string of the molecule is C[C@H](OC(=O)CCCN1C(=O)c2ccccc2C1=O)C(=O)c1ccc(Cl)cc1. The Morgan fingerprint density at radius 1 is 1.00 bits per heavy atom. The Morgan fingerprint density at radius 2 is 1.57 bits per heavy atom. The number of ketones is 1. The number of hydrogen-bond donors (Lipinski definition) is 0. The number of halogens is 1. The molecule has 0 aromatic heterocycles. The first-order valence-electron chi connectivity index (χ1n) is 8.83. The zero-order valence-corrected chi connectivity index (χ0v) is 15.9. The second-order valence-electron chi connectivity index (χ2n) is 6.41. The van der Waals surface area contributed by atoms with Crippen LogP contribution in [-0.2, 0) is 9.53 Å². The average molecular weight is 400 g/mol. The number of imide groups is 1. The van der Waals surface area contributed by atoms with Gasteiger partial charge < -0.3 is 4.74 Å². The van der Waals surface area contributed by atoms with E-state index < -0.39 is 12.1 Å². The van der Waals surface area contributed by atoms with Crippen molar-refractivity contribution in [2.75, 3.05) is 6.54 Å². The molecule has 28 heavy (non-hydrogen) atoms. The van der Waals surface area contributed by atoms with Crippen LogP contribution in [0.2, 0.25) is 5.02 Å². The fourth-order valence-electron chi connectivity index (χ4n) is 2.98. The van der Waals surface area contributed by atoms with E-state index in [2.05, 4.69) is 0 Å². The van der Waals surface area contributed by atoms with Gasteiger partial charge in [0.15, 0.2) is 6.10 Å². The molecule has 3 rings (SSSR count). The van der Waals surface area contributed by atoms with Crippen LogP contribution in [0.5, 0.6) is 0 Å². The van der Waals surface area contributed by atoms with Crippen LogP contribution < -0.4 is 0 Å². The summed E-state index contributed by atoms with van der Waals surface area (Å²) in [6, 6.07) is 12.9. The third kappa shape index (κ3) is 4.12. The first-order chi connectivity index (χ1) is 13.4. The zero-order chi connectivity index (χ0) is 20.3. The third-order valence-electron chi connectivity index (χ3n) is 4.45. The molecule has 7 heteroatoms. The van der Waals surface area contributed by atoms with Gasteiger partial charge in [-0.25, -0.2) is 0 Å². The van der Waals surface area contributed by atoms with Gasteiger partial charge >= 0.3 is 5.97 Å². The number of nitrogens with zero attached hydrogens (tertiary/aromatic N) is 1. The van der Waals surface area contributed by atoms with E-state index in [0.29, 0.717) is 21.7 Å². The predicted octanol–water partition coefficient (Wildman–Crippen LogP) is 3.53. The monoisotopic (exact) mass is 399 g/mol. The number of fused-ring (bicyclic) bond motifs is 1. The topological polar surface area (TPSA) is 80.8 Å². The molecule has 2 aromatic rings. The number of benzene rings is 2. The summed E-state index contributed by atoms with van der Waals surface area (Å²) in [4.78, 5) is 49.9. The fraction of sp³-hybridized carbons (Fsp3) is 0.238. The van der Waals surface area contributed by atoms with Gasteiger partial charge in [0.05, 0.1) is 11.1 Å². The molecule has 0 aliphatic carbocycles. The van der Waals surface area contributed by atoms with Crippen molar-refractivity contribution in [2.45, 2.75) is 25.9 Å². The van der Waals surface area contributed by atoms with E-state index in [-0.39, 0.29) is 37.0 Å². The summed E-state index contributed by atoms with van der Waals surface area (Å²) in [5.41, 5.74) is 1.14. The van der Waals surface area contributed by atoms with Crippen LogP contribution >= 0.6 is 11.6 Å². The van der Waals surface area contributed by atoms with Crippen LogP contribution in [-0.4, -0.2) is 41.1 Å². The molecule has 0 fully saturated rings. The Hall–Kier alpha value is -2.99. The molecule has 1 heterocycles. The molecule has 0 bridgehead atoms. The molecule has 144 valence electrons. The molecule has 0 N–H and O–H groups in total. The first kappa shape index (κ1) is 19.8. The Kier molecular flexibility index (Phi) is 5.90. The summed E-state index contributed by atoms with van der Waals surface area (Å²) in [5, 5.41) is 0.509. The van der Waals surface area contributed by atoms with E-state index in [1.54, 1.807) is 48.5 Å². The van der Waals surface area contributed by atoms with Crippen LogP contribution in [0, 0.1) is 0 Å². The molecule has 1 aliphatic rings. The van der Waals surface area contributed by atoms with Crippen molar-refractivity contribution >= 4 is 35.2 Å². The minimum Gasteiger partial charge on any atom is -0.454 e. The average Bonchev–Trinajstić information content (AvgIpc) is 2.93. The van der Waals surface area contributed by atoms with Crippen LogP contribution in [0.4, 0.5) is 0 Å². The second kappa shape index (κ2) is 8.35. The number of ether oxygens (including phenoxy) is 1. The quantitative estimate of drug-likeness (QED) is 0.404. The van der Waals surface area contributed by atoms with E-state index in [4.69, 9.17) is 16.3 Å². The summed E-state index contributed by atoms with van der Waals surface area (Å²) in [6.45, 7) is 1.61. The normalized spacial score (nSPS) is 14.0. The highest BCUT2D eigenvalue weighted by Gasteiger charge is 2.34. The van der Waals surface area contributed by atoms with Gasteiger partial charge in [-0.05, 0) is 49.7 Å². The second-order valence-corrected chi connectivity index (χ2v) is 6.85. The Labute approximate surface area is 167 Å². The minimum atomic E-state index is -0.937. The van der Waals surface area contributed by atoms with Crippen molar-refractivity contribution in [1.29, 1.82) is 0 Å². The molecule has 6 nitrogen and oxygen atoms in total. The van der Waals surface area contributed by atoms with Gasteiger partial charge in [-0.3, -0.25) is 24.1 Å². The van der Waals surface area contributed by atoms with Gasteiger partial charge in [0.1, 0.15) is 0 Å². The van der Waals surface area contributed by atoms with Gasteiger partial charge in [0.2, 0.25) is 5.78 Å². The third-order valence-corrected chi connectivity index (χ3v) is 4.70. The van der Waals surface area contributed by atoms with Gasteiger partial charge in [-0.1, -0.05) is 23.7 Å². The largest absolute Gasteiger partial charge is 0.454 e. The van der Waals surface area contributed by atoms with Crippen molar-refractivity contribution in [2.24, 2.45) is 0 Å². The molecule has 0 saturated heterocycles. The lowest BCUT2D eigenvalue weighted by atomic mass is 10.1. The van der Waals surface area contributed by atoms with Crippen molar-refractivity contribution in [3.63, 3.8) is 0 Å². The van der Waals surface area contributed by atoms with E-state index in [9.17, 15) is 19.2 Å². The summed E-state index contributed by atoms with van der Waals surface area (Å²) < 4.78 is 5.17. The number of esters is 1. The number of Topliss-reactive ketones (excluding diaryl/α,β-unsaturated/α-hetero) is 1. The standard InChI is InChI=1S/C21H18ClNO5/c1-13(19(25)14-8-10-15(22)11-9-14)28-18(24)7-4-12-23-20(26)16-5-2-3-6-17(16)21(23)27/h2-3,5-6,8-11,13H,4,7,12H2,1H3/t13-/m0/s1. The van der Waals surface area contributed by atoms with Crippen molar-refractivity contribution in [3.05, 3.63) is 70.2 Å². The summed E-state index contributed by atoms with van der Waals surface area (Å²) >= 11 is 5.79. The van der Waals surface area contributed by atoms with Crippen LogP contribution in [0.15, 0.2) is 48.5 Å². The summed E-state index contributed by atoms with van der Waals surface area (Å²) in [6.07, 6.45) is -0.689. The highest BCUT2D eigenvalue weighted by molar-refractivity contribution is 6.30. The number of hydrogen-bond acceptors (Lipinski definition) is 5. The molecule has 1 atom stereocenters. The molecule has 0 spiro atoms. The van der Waals surface area contributed by atoms with E-state index in [1.165, 1.54) is 6.92 Å². The number of rotatable bonds is 7. The highest BCUT2D eigenvalue weighted by atomic mass is 35.5. The maximum atomic E-state index is 12.3. The van der Waals surface area contributed by atoms with Crippen molar-refractivity contribution in [1.82, 2.24) is 4.90 Å². The Bertz CT molecular complexity index is 903. The lowest BCUT2D eigenvalue weighted by molar-refractivity contribution is -0.146. The molecule has 0 saturated carbocycles. The number of amides is 2. The first-order valence-corrected chi connectivity index (χ1v) is 9.21. The Balaban J connectivity index is 1.48. The lowest BCUT2D eigenvalue weighted by Crippen LogP contribution is -2.31. The molecular formula is C21H18ClNO5. The molecule has 0 unspecified atom stereocenters. The van der Waals surface area contributed by atoms with Gasteiger partial charge in [-0.2, -0.15) is 0 Å². The van der Waals surface area contributed by atoms with Crippen molar-refractivity contribution in [3.8, 4) is 0 Å². The maximum Gasteiger partial charge on any atom is 0.306 e. The van der Waals surface area contributed by atoms with E-state index in [1.807, 2.05) is 0 Å². The van der Waals surface area contributed by atoms with Gasteiger partial charge in [0.25, 0.3) is 11.8 Å². The minimum absolute atomic E-state index is 0.00829. The highest BCUT2D eigenvalue weighted by Crippen LogP contribution is 2.22. The molecule has 0 radical (unpaired) electrons. The molecule has 2 amide bonds. The zero-order valence-electron chi connectivity index (χ0n) is 15.2. The molecular weight excluding hydrogens is 382 g/mol. The number of carbonyl (C=O) groups excluding carboxylic acids is 4. The predicted molar refractivity (Wildman–Crippen MR) is 102 cm³/mol. The van der Waals surface area contributed by atoms with E-state index >= 15 is 0 Å². The lowest BCUT2D eigenvalue weighted by Gasteiger charge is -2.15. The smallest absolute Gasteiger partial charge is 0.306 e. The molecule has 1 aliphatic heterocycles. The Morgan fingerprint density at radius 3 is 2.14 bits per heavy atom. The van der Waals surface area contributed by atoms with Gasteiger partial charge in [0, 0.05) is 23.6 Å². The van der Waals surface area contributed by atoms with E-state index in [0.717, 1.165) is 4.90 Å². The van der Waals surface area contributed by atoms with Crippen LogP contribution in [0.3, 0.4) is 0 Å².